The molecule has 3 atom stereocenters. The van der Waals surface area contributed by atoms with E-state index in [1.54, 1.807) is 6.92 Å². The molecule has 0 N–H and O–H groups in total. The first-order valence-corrected chi connectivity index (χ1v) is 7.38. The fraction of sp³-hybridized carbons (Fsp3) is 0.857. The average molecular weight is 266 g/mol. The lowest BCUT2D eigenvalue weighted by Crippen LogP contribution is -2.51. The van der Waals surface area contributed by atoms with Crippen LogP contribution in [0.1, 0.15) is 39.0 Å². The lowest BCUT2D eigenvalue weighted by atomic mass is 10.0. The number of cyclic esters (lactones) is 1. The summed E-state index contributed by atoms with van der Waals surface area (Å²) in [4.78, 5) is 27.8. The third-order valence-electron chi connectivity index (χ3n) is 4.80. The first kappa shape index (κ1) is 12.9. The largest absolute Gasteiger partial charge is 0.464 e. The van der Waals surface area contributed by atoms with Crippen molar-refractivity contribution in [2.75, 3.05) is 19.7 Å². The Morgan fingerprint density at radius 2 is 1.89 bits per heavy atom. The first-order valence-electron chi connectivity index (χ1n) is 7.38. The summed E-state index contributed by atoms with van der Waals surface area (Å²) in [6.07, 6.45) is 5.18. The summed E-state index contributed by atoms with van der Waals surface area (Å²) in [6.45, 7) is 4.04. The lowest BCUT2D eigenvalue weighted by molar-refractivity contribution is -0.143. The van der Waals surface area contributed by atoms with Crippen molar-refractivity contribution in [1.82, 2.24) is 9.80 Å². The van der Waals surface area contributed by atoms with Crippen molar-refractivity contribution in [2.24, 2.45) is 0 Å². The van der Waals surface area contributed by atoms with Crippen molar-refractivity contribution in [3.05, 3.63) is 0 Å². The SMILES string of the molecule is CC(=O)N1CCC[C@@H]1[C@H]1CCCN1[C@@H]1CCOC1=O. The second kappa shape index (κ2) is 5.12. The van der Waals surface area contributed by atoms with Crippen LogP contribution in [-0.4, -0.2) is 59.5 Å². The summed E-state index contributed by atoms with van der Waals surface area (Å²) in [7, 11) is 0. The molecule has 0 saturated carbocycles. The van der Waals surface area contributed by atoms with Gasteiger partial charge in [-0.25, -0.2) is 0 Å². The van der Waals surface area contributed by atoms with E-state index in [4.69, 9.17) is 4.74 Å². The minimum atomic E-state index is -0.0701. The van der Waals surface area contributed by atoms with Gasteiger partial charge in [-0.2, -0.15) is 0 Å². The van der Waals surface area contributed by atoms with E-state index in [2.05, 4.69) is 4.90 Å². The minimum Gasteiger partial charge on any atom is -0.464 e. The Balaban J connectivity index is 1.75. The van der Waals surface area contributed by atoms with Crippen molar-refractivity contribution in [1.29, 1.82) is 0 Å². The molecule has 3 rings (SSSR count). The summed E-state index contributed by atoms with van der Waals surface area (Å²) >= 11 is 0. The Morgan fingerprint density at radius 3 is 2.58 bits per heavy atom. The zero-order chi connectivity index (χ0) is 13.4. The van der Waals surface area contributed by atoms with Crippen molar-refractivity contribution in [3.63, 3.8) is 0 Å². The van der Waals surface area contributed by atoms with Crippen LogP contribution in [0.3, 0.4) is 0 Å². The number of nitrogens with zero attached hydrogens (tertiary/aromatic N) is 2. The molecule has 5 heteroatoms. The summed E-state index contributed by atoms with van der Waals surface area (Å²) < 4.78 is 5.10. The third kappa shape index (κ3) is 2.24. The van der Waals surface area contributed by atoms with Gasteiger partial charge in [0.25, 0.3) is 0 Å². The molecule has 106 valence electrons. The summed E-state index contributed by atoms with van der Waals surface area (Å²) in [5.41, 5.74) is 0. The van der Waals surface area contributed by atoms with Crippen molar-refractivity contribution < 1.29 is 14.3 Å². The van der Waals surface area contributed by atoms with Crippen LogP contribution in [0.5, 0.6) is 0 Å². The minimum absolute atomic E-state index is 0.0677. The number of amides is 1. The van der Waals surface area contributed by atoms with Gasteiger partial charge in [0.05, 0.1) is 6.61 Å². The molecule has 0 aromatic heterocycles. The highest BCUT2D eigenvalue weighted by Crippen LogP contribution is 2.33. The average Bonchev–Trinajstić information content (AvgIpc) is 3.06. The molecule has 0 radical (unpaired) electrons. The van der Waals surface area contributed by atoms with Crippen LogP contribution in [0.25, 0.3) is 0 Å². The summed E-state index contributed by atoms with van der Waals surface area (Å²) in [5, 5.41) is 0. The zero-order valence-electron chi connectivity index (χ0n) is 11.5. The van der Waals surface area contributed by atoms with Gasteiger partial charge < -0.3 is 9.64 Å². The standard InChI is InChI=1S/C14H22N2O3/c1-10(17)15-7-2-4-11(15)12-5-3-8-16(12)13-6-9-19-14(13)18/h11-13H,2-9H2,1H3/t11-,12-,13-/m1/s1. The van der Waals surface area contributed by atoms with Gasteiger partial charge in [-0.3, -0.25) is 14.5 Å². The van der Waals surface area contributed by atoms with Gasteiger partial charge in [0.1, 0.15) is 6.04 Å². The second-order valence-corrected chi connectivity index (χ2v) is 5.84. The molecule has 3 saturated heterocycles. The van der Waals surface area contributed by atoms with Gasteiger partial charge in [-0.15, -0.1) is 0 Å². The third-order valence-corrected chi connectivity index (χ3v) is 4.80. The molecular weight excluding hydrogens is 244 g/mol. The maximum absolute atomic E-state index is 11.8. The van der Waals surface area contributed by atoms with Crippen LogP contribution < -0.4 is 0 Å². The van der Waals surface area contributed by atoms with Crippen molar-refractivity contribution in [3.8, 4) is 0 Å². The molecule has 3 aliphatic heterocycles. The highest BCUT2D eigenvalue weighted by molar-refractivity contribution is 5.77. The van der Waals surface area contributed by atoms with Crippen LogP contribution in [0.15, 0.2) is 0 Å². The Bertz CT molecular complexity index is 385. The molecule has 19 heavy (non-hydrogen) atoms. The van der Waals surface area contributed by atoms with Gasteiger partial charge >= 0.3 is 5.97 Å². The predicted octanol–water partition coefficient (Wildman–Crippen LogP) is 0.777. The lowest BCUT2D eigenvalue weighted by Gasteiger charge is -2.36. The normalized spacial score (nSPS) is 35.9. The van der Waals surface area contributed by atoms with Gasteiger partial charge in [-0.05, 0) is 32.2 Å². The molecule has 5 nitrogen and oxygen atoms in total. The number of hydrogen-bond acceptors (Lipinski definition) is 4. The van der Waals surface area contributed by atoms with Crippen molar-refractivity contribution in [2.45, 2.75) is 57.2 Å². The van der Waals surface area contributed by atoms with Crippen molar-refractivity contribution >= 4 is 11.9 Å². The number of carbonyl (C=O) groups excluding carboxylic acids is 2. The molecular formula is C14H22N2O3. The van der Waals surface area contributed by atoms with E-state index in [0.29, 0.717) is 18.7 Å². The molecule has 0 unspecified atom stereocenters. The van der Waals surface area contributed by atoms with Gasteiger partial charge in [0.15, 0.2) is 0 Å². The molecule has 1 amide bonds. The van der Waals surface area contributed by atoms with E-state index in [0.717, 1.165) is 45.2 Å². The Labute approximate surface area is 113 Å². The molecule has 0 aromatic rings. The molecule has 0 spiro atoms. The predicted molar refractivity (Wildman–Crippen MR) is 69.5 cm³/mol. The van der Waals surface area contributed by atoms with Crippen LogP contribution in [0.4, 0.5) is 0 Å². The van der Waals surface area contributed by atoms with Crippen LogP contribution in [0.2, 0.25) is 0 Å². The first-order chi connectivity index (χ1) is 9.18. The number of esters is 1. The maximum Gasteiger partial charge on any atom is 0.323 e. The Morgan fingerprint density at radius 1 is 1.16 bits per heavy atom. The van der Waals surface area contributed by atoms with Crippen LogP contribution in [-0.2, 0) is 14.3 Å². The fourth-order valence-electron chi connectivity index (χ4n) is 3.98. The van der Waals surface area contributed by atoms with Gasteiger partial charge in [0, 0.05) is 32.0 Å². The van der Waals surface area contributed by atoms with E-state index in [-0.39, 0.29) is 17.9 Å². The zero-order valence-corrected chi connectivity index (χ0v) is 11.5. The topological polar surface area (TPSA) is 49.9 Å². The van der Waals surface area contributed by atoms with Crippen LogP contribution in [0, 0.1) is 0 Å². The summed E-state index contributed by atoms with van der Waals surface area (Å²) in [5.74, 6) is 0.0996. The Hall–Kier alpha value is -1.10. The second-order valence-electron chi connectivity index (χ2n) is 5.84. The number of ether oxygens (including phenoxy) is 1. The molecule has 3 fully saturated rings. The maximum atomic E-state index is 11.8. The molecule has 3 aliphatic rings. The van der Waals surface area contributed by atoms with E-state index in [1.165, 1.54) is 0 Å². The number of likely N-dealkylation sites (tertiary alicyclic amines) is 2. The highest BCUT2D eigenvalue weighted by atomic mass is 16.5. The highest BCUT2D eigenvalue weighted by Gasteiger charge is 2.44. The van der Waals surface area contributed by atoms with Gasteiger partial charge in [0.2, 0.25) is 5.91 Å². The van der Waals surface area contributed by atoms with Crippen LogP contribution >= 0.6 is 0 Å². The monoisotopic (exact) mass is 266 g/mol. The van der Waals surface area contributed by atoms with E-state index < -0.39 is 0 Å². The molecule has 3 heterocycles. The number of carbonyl (C=O) groups is 2. The molecule has 0 aliphatic carbocycles. The molecule has 0 aromatic carbocycles. The van der Waals surface area contributed by atoms with E-state index in [1.807, 2.05) is 4.90 Å². The van der Waals surface area contributed by atoms with E-state index in [9.17, 15) is 9.59 Å². The molecule has 0 bridgehead atoms. The van der Waals surface area contributed by atoms with E-state index >= 15 is 0 Å². The fourth-order valence-corrected chi connectivity index (χ4v) is 3.98. The number of hydrogen-bond donors (Lipinski definition) is 0. The quantitative estimate of drug-likeness (QED) is 0.693. The Kier molecular flexibility index (Phi) is 3.48. The smallest absolute Gasteiger partial charge is 0.323 e. The summed E-state index contributed by atoms with van der Waals surface area (Å²) in [6, 6.07) is 0.581. The van der Waals surface area contributed by atoms with Gasteiger partial charge in [-0.1, -0.05) is 0 Å². The number of rotatable bonds is 2.